The van der Waals surface area contributed by atoms with E-state index in [0.717, 1.165) is 23.6 Å². The van der Waals surface area contributed by atoms with Crippen molar-refractivity contribution in [1.82, 2.24) is 20.0 Å². The fourth-order valence-corrected chi connectivity index (χ4v) is 2.03. The molecule has 19 heavy (non-hydrogen) atoms. The maximum absolute atomic E-state index is 11.6. The van der Waals surface area contributed by atoms with Crippen molar-refractivity contribution in [2.45, 2.75) is 27.3 Å². The molecule has 0 aliphatic heterocycles. The predicted octanol–water partition coefficient (Wildman–Crippen LogP) is -0.0279. The van der Waals surface area contributed by atoms with Crippen molar-refractivity contribution in [3.05, 3.63) is 11.3 Å². The minimum Gasteiger partial charge on any atom is -0.355 e. The third-order valence-electron chi connectivity index (χ3n) is 3.05. The molecule has 0 aliphatic rings. The minimum absolute atomic E-state index is 0.0353. The van der Waals surface area contributed by atoms with Gasteiger partial charge in [0.15, 0.2) is 0 Å². The number of hydrazine groups is 1. The number of carbonyl (C=O) groups excluding carboxylic acids is 1. The largest absolute Gasteiger partial charge is 0.355 e. The molecule has 0 spiro atoms. The minimum atomic E-state index is 0.0353. The molecule has 0 aliphatic carbocycles. The predicted molar refractivity (Wildman–Crippen MR) is 75.4 cm³/mol. The third-order valence-corrected chi connectivity index (χ3v) is 3.05. The van der Waals surface area contributed by atoms with E-state index in [4.69, 9.17) is 5.84 Å². The Morgan fingerprint density at radius 2 is 2.16 bits per heavy atom. The van der Waals surface area contributed by atoms with Crippen LogP contribution in [0.2, 0.25) is 0 Å². The molecule has 0 unspecified atom stereocenters. The number of nitrogens with one attached hydrogen (secondary N) is 2. The first-order valence-corrected chi connectivity index (χ1v) is 6.51. The average Bonchev–Trinajstić information content (AvgIpc) is 2.63. The number of nitrogens with two attached hydrogens (primary N) is 1. The van der Waals surface area contributed by atoms with Gasteiger partial charge in [-0.15, -0.1) is 0 Å². The maximum atomic E-state index is 11.6. The van der Waals surface area contributed by atoms with E-state index in [1.54, 1.807) is 4.68 Å². The van der Waals surface area contributed by atoms with E-state index in [1.165, 1.54) is 0 Å². The number of amides is 1. The van der Waals surface area contributed by atoms with Gasteiger partial charge in [-0.1, -0.05) is 6.92 Å². The van der Waals surface area contributed by atoms with Crippen LogP contribution in [0, 0.1) is 6.92 Å². The molecule has 0 radical (unpaired) electrons. The number of carbonyl (C=O) groups is 1. The van der Waals surface area contributed by atoms with Crippen molar-refractivity contribution in [3.63, 3.8) is 0 Å². The first kappa shape index (κ1) is 15.5. The molecule has 0 saturated carbocycles. The summed E-state index contributed by atoms with van der Waals surface area (Å²) >= 11 is 0. The van der Waals surface area contributed by atoms with Crippen LogP contribution in [0.15, 0.2) is 0 Å². The standard InChI is InChI=1S/C12H24N6O/c1-5-14-11(19)8-18(6-2)7-10-9(3)16-17(4)12(10)15-13/h15H,5-8,13H2,1-4H3,(H,14,19). The summed E-state index contributed by atoms with van der Waals surface area (Å²) in [7, 11) is 1.84. The molecule has 108 valence electrons. The number of anilines is 1. The number of hydrogen-bond donors (Lipinski definition) is 3. The van der Waals surface area contributed by atoms with Gasteiger partial charge in [0.1, 0.15) is 5.82 Å². The Bertz CT molecular complexity index is 428. The van der Waals surface area contributed by atoms with Crippen LogP contribution in [0.5, 0.6) is 0 Å². The fourth-order valence-electron chi connectivity index (χ4n) is 2.03. The molecule has 1 rings (SSSR count). The van der Waals surface area contributed by atoms with E-state index < -0.39 is 0 Å². The Kier molecular flexibility index (Phi) is 5.78. The first-order valence-electron chi connectivity index (χ1n) is 6.51. The number of nitrogen functional groups attached to an aromatic ring is 1. The molecular formula is C12H24N6O. The van der Waals surface area contributed by atoms with Gasteiger partial charge in [-0.25, -0.2) is 5.84 Å². The van der Waals surface area contributed by atoms with Crippen LogP contribution in [0.3, 0.4) is 0 Å². The highest BCUT2D eigenvalue weighted by Gasteiger charge is 2.16. The van der Waals surface area contributed by atoms with Gasteiger partial charge in [0.05, 0.1) is 12.2 Å². The highest BCUT2D eigenvalue weighted by atomic mass is 16.2. The van der Waals surface area contributed by atoms with E-state index >= 15 is 0 Å². The fraction of sp³-hybridized carbons (Fsp3) is 0.667. The molecule has 1 heterocycles. The molecule has 4 N–H and O–H groups in total. The van der Waals surface area contributed by atoms with Gasteiger partial charge in [0, 0.05) is 25.7 Å². The van der Waals surface area contributed by atoms with E-state index in [1.807, 2.05) is 27.8 Å². The van der Waals surface area contributed by atoms with Gasteiger partial charge in [0.25, 0.3) is 0 Å². The van der Waals surface area contributed by atoms with Gasteiger partial charge in [-0.2, -0.15) is 5.10 Å². The smallest absolute Gasteiger partial charge is 0.234 e. The number of rotatable bonds is 7. The highest BCUT2D eigenvalue weighted by molar-refractivity contribution is 5.77. The Hall–Kier alpha value is -1.60. The van der Waals surface area contributed by atoms with Crippen molar-refractivity contribution in [1.29, 1.82) is 0 Å². The SMILES string of the molecule is CCNC(=O)CN(CC)Cc1c(C)nn(C)c1NN. The number of nitrogens with zero attached hydrogens (tertiary/aromatic N) is 3. The lowest BCUT2D eigenvalue weighted by molar-refractivity contribution is -0.122. The molecule has 7 nitrogen and oxygen atoms in total. The number of hydrogen-bond acceptors (Lipinski definition) is 5. The maximum Gasteiger partial charge on any atom is 0.234 e. The highest BCUT2D eigenvalue weighted by Crippen LogP contribution is 2.19. The van der Waals surface area contributed by atoms with E-state index in [0.29, 0.717) is 19.6 Å². The second-order valence-corrected chi connectivity index (χ2v) is 4.44. The Morgan fingerprint density at radius 3 is 2.68 bits per heavy atom. The van der Waals surface area contributed by atoms with Crippen molar-refractivity contribution >= 4 is 11.7 Å². The number of aryl methyl sites for hydroxylation is 2. The summed E-state index contributed by atoms with van der Waals surface area (Å²) in [6, 6.07) is 0. The Balaban J connectivity index is 2.78. The van der Waals surface area contributed by atoms with Gasteiger partial charge >= 0.3 is 0 Å². The topological polar surface area (TPSA) is 88.2 Å². The molecule has 0 aromatic carbocycles. The molecule has 0 saturated heterocycles. The summed E-state index contributed by atoms with van der Waals surface area (Å²) in [6.45, 7) is 8.34. The molecule has 1 aromatic rings. The molecule has 0 atom stereocenters. The zero-order chi connectivity index (χ0) is 14.4. The molecule has 0 fully saturated rings. The average molecular weight is 268 g/mol. The summed E-state index contributed by atoms with van der Waals surface area (Å²) in [5.74, 6) is 6.34. The Labute approximate surface area is 114 Å². The van der Waals surface area contributed by atoms with E-state index in [-0.39, 0.29) is 5.91 Å². The van der Waals surface area contributed by atoms with Crippen molar-refractivity contribution in [2.24, 2.45) is 12.9 Å². The van der Waals surface area contributed by atoms with Crippen LogP contribution in [0.1, 0.15) is 25.1 Å². The van der Waals surface area contributed by atoms with Crippen LogP contribution < -0.4 is 16.6 Å². The first-order chi connectivity index (χ1) is 9.03. The number of likely N-dealkylation sites (N-methyl/N-ethyl adjacent to an activating group) is 2. The van der Waals surface area contributed by atoms with Crippen LogP contribution in [-0.2, 0) is 18.4 Å². The van der Waals surface area contributed by atoms with Crippen molar-refractivity contribution in [3.8, 4) is 0 Å². The lowest BCUT2D eigenvalue weighted by Gasteiger charge is -2.20. The van der Waals surface area contributed by atoms with Gasteiger partial charge in [0.2, 0.25) is 5.91 Å². The summed E-state index contributed by atoms with van der Waals surface area (Å²) in [4.78, 5) is 13.7. The molecule has 7 heteroatoms. The van der Waals surface area contributed by atoms with E-state index in [9.17, 15) is 4.79 Å². The second kappa shape index (κ2) is 7.10. The van der Waals surface area contributed by atoms with E-state index in [2.05, 4.69) is 20.7 Å². The zero-order valence-corrected chi connectivity index (χ0v) is 12.2. The van der Waals surface area contributed by atoms with Gasteiger partial charge in [-0.05, 0) is 20.4 Å². The lowest BCUT2D eigenvalue weighted by atomic mass is 10.2. The van der Waals surface area contributed by atoms with Gasteiger partial charge in [-0.3, -0.25) is 14.4 Å². The lowest BCUT2D eigenvalue weighted by Crippen LogP contribution is -2.37. The number of aromatic nitrogens is 2. The van der Waals surface area contributed by atoms with Gasteiger partial charge < -0.3 is 10.7 Å². The molecule has 0 bridgehead atoms. The third kappa shape index (κ3) is 3.93. The van der Waals surface area contributed by atoms with Crippen molar-refractivity contribution in [2.75, 3.05) is 25.1 Å². The molecule has 1 amide bonds. The summed E-state index contributed by atoms with van der Waals surface area (Å²) in [5.41, 5.74) is 4.61. The molecule has 1 aromatic heterocycles. The summed E-state index contributed by atoms with van der Waals surface area (Å²) in [5, 5.41) is 7.13. The van der Waals surface area contributed by atoms with Crippen LogP contribution in [0.4, 0.5) is 5.82 Å². The summed E-state index contributed by atoms with van der Waals surface area (Å²) < 4.78 is 1.71. The quantitative estimate of drug-likeness (QED) is 0.477. The normalized spacial score (nSPS) is 10.8. The van der Waals surface area contributed by atoms with Crippen molar-refractivity contribution < 1.29 is 4.79 Å². The zero-order valence-electron chi connectivity index (χ0n) is 12.2. The second-order valence-electron chi connectivity index (χ2n) is 4.44. The van der Waals surface area contributed by atoms with Crippen LogP contribution in [-0.4, -0.2) is 40.2 Å². The Morgan fingerprint density at radius 1 is 1.47 bits per heavy atom. The monoisotopic (exact) mass is 268 g/mol. The van der Waals surface area contributed by atoms with Crippen LogP contribution in [0.25, 0.3) is 0 Å². The summed E-state index contributed by atoms with van der Waals surface area (Å²) in [6.07, 6.45) is 0. The molecular weight excluding hydrogens is 244 g/mol. The van der Waals surface area contributed by atoms with Crippen LogP contribution >= 0.6 is 0 Å².